The SMILES string of the molecule is CN(Cc1cccc(=O)[nH]1)C(=O)c1cn(-c2ccc3c(c2)CN(C2CCC(=O)NC2=O)C3=O)nn1. The van der Waals surface area contributed by atoms with Crippen LogP contribution in [0.2, 0.25) is 0 Å². The van der Waals surface area contributed by atoms with Crippen molar-refractivity contribution in [3.63, 3.8) is 0 Å². The molecule has 1 atom stereocenters. The Labute approximate surface area is 198 Å². The summed E-state index contributed by atoms with van der Waals surface area (Å²) in [5, 5.41) is 10.3. The van der Waals surface area contributed by atoms with Crippen LogP contribution in [0, 0.1) is 0 Å². The molecule has 0 aliphatic carbocycles. The average Bonchev–Trinajstić information content (AvgIpc) is 3.44. The van der Waals surface area contributed by atoms with E-state index in [2.05, 4.69) is 20.6 Å². The van der Waals surface area contributed by atoms with E-state index in [1.807, 2.05) is 0 Å². The molecule has 0 radical (unpaired) electrons. The van der Waals surface area contributed by atoms with E-state index in [-0.39, 0.29) is 54.9 Å². The van der Waals surface area contributed by atoms with Gasteiger partial charge >= 0.3 is 0 Å². The summed E-state index contributed by atoms with van der Waals surface area (Å²) in [5.74, 6) is -1.44. The maximum atomic E-state index is 12.9. The van der Waals surface area contributed by atoms with Crippen molar-refractivity contribution in [3.05, 3.63) is 75.5 Å². The van der Waals surface area contributed by atoms with Crippen molar-refractivity contribution in [2.75, 3.05) is 7.05 Å². The highest BCUT2D eigenvalue weighted by atomic mass is 16.2. The number of nitrogens with zero attached hydrogens (tertiary/aromatic N) is 5. The lowest BCUT2D eigenvalue weighted by atomic mass is 10.0. The molecule has 1 fully saturated rings. The highest BCUT2D eigenvalue weighted by molar-refractivity contribution is 6.05. The van der Waals surface area contributed by atoms with E-state index in [0.717, 1.165) is 0 Å². The van der Waals surface area contributed by atoms with Crippen LogP contribution in [0.15, 0.2) is 47.4 Å². The number of rotatable bonds is 5. The van der Waals surface area contributed by atoms with E-state index in [1.165, 1.54) is 26.7 Å². The first-order valence-electron chi connectivity index (χ1n) is 10.9. The number of benzene rings is 1. The first-order valence-corrected chi connectivity index (χ1v) is 10.9. The minimum absolute atomic E-state index is 0.118. The molecule has 4 heterocycles. The van der Waals surface area contributed by atoms with Crippen molar-refractivity contribution in [2.45, 2.75) is 32.0 Å². The summed E-state index contributed by atoms with van der Waals surface area (Å²) in [5.41, 5.74) is 2.25. The third-order valence-electron chi connectivity index (χ3n) is 6.07. The molecule has 2 N–H and O–H groups in total. The molecule has 12 nitrogen and oxygen atoms in total. The molecule has 1 aromatic carbocycles. The molecule has 4 amide bonds. The molecule has 1 unspecified atom stereocenters. The Morgan fingerprint density at radius 1 is 1.17 bits per heavy atom. The molecule has 2 aliphatic heterocycles. The highest BCUT2D eigenvalue weighted by Gasteiger charge is 2.39. The zero-order valence-corrected chi connectivity index (χ0v) is 18.7. The fraction of sp³-hybridized carbons (Fsp3) is 0.261. The Morgan fingerprint density at radius 3 is 2.77 bits per heavy atom. The zero-order chi connectivity index (χ0) is 24.7. The number of piperidine rings is 1. The molecule has 3 aromatic rings. The fourth-order valence-corrected chi connectivity index (χ4v) is 4.30. The lowest BCUT2D eigenvalue weighted by Gasteiger charge is -2.29. The molecule has 178 valence electrons. The number of carbonyl (C=O) groups is 4. The molecule has 35 heavy (non-hydrogen) atoms. The topological polar surface area (TPSA) is 150 Å². The normalized spacial score (nSPS) is 17.3. The van der Waals surface area contributed by atoms with Crippen molar-refractivity contribution in [1.82, 2.24) is 35.1 Å². The number of nitrogens with one attached hydrogen (secondary N) is 2. The van der Waals surface area contributed by atoms with E-state index in [4.69, 9.17) is 0 Å². The molecular weight excluding hydrogens is 454 g/mol. The van der Waals surface area contributed by atoms with Crippen LogP contribution in [-0.4, -0.2) is 66.5 Å². The number of H-pyrrole nitrogens is 1. The van der Waals surface area contributed by atoms with Crippen LogP contribution in [0.1, 0.15) is 44.9 Å². The summed E-state index contributed by atoms with van der Waals surface area (Å²) in [7, 11) is 1.59. The number of hydrogen-bond acceptors (Lipinski definition) is 7. The smallest absolute Gasteiger partial charge is 0.276 e. The second kappa shape index (κ2) is 8.63. The number of aromatic amines is 1. The third kappa shape index (κ3) is 4.21. The van der Waals surface area contributed by atoms with Crippen molar-refractivity contribution in [3.8, 4) is 5.69 Å². The van der Waals surface area contributed by atoms with E-state index in [1.54, 1.807) is 37.4 Å². The van der Waals surface area contributed by atoms with E-state index in [9.17, 15) is 24.0 Å². The van der Waals surface area contributed by atoms with Gasteiger partial charge in [-0.15, -0.1) is 5.10 Å². The average molecular weight is 475 g/mol. The molecule has 12 heteroatoms. The van der Waals surface area contributed by atoms with Gasteiger partial charge in [0.05, 0.1) is 18.4 Å². The quantitative estimate of drug-likeness (QED) is 0.493. The van der Waals surface area contributed by atoms with Crippen LogP contribution in [-0.2, 0) is 22.7 Å². The van der Waals surface area contributed by atoms with Gasteiger partial charge in [-0.2, -0.15) is 0 Å². The minimum atomic E-state index is -0.693. The molecule has 5 rings (SSSR count). The van der Waals surface area contributed by atoms with E-state index in [0.29, 0.717) is 22.5 Å². The molecule has 0 saturated carbocycles. The Hall–Kier alpha value is -4.61. The van der Waals surface area contributed by atoms with Crippen molar-refractivity contribution >= 4 is 23.6 Å². The number of hydrogen-bond donors (Lipinski definition) is 2. The lowest BCUT2D eigenvalue weighted by molar-refractivity contribution is -0.136. The molecule has 0 spiro atoms. The van der Waals surface area contributed by atoms with Crippen LogP contribution in [0.5, 0.6) is 0 Å². The Balaban J connectivity index is 1.31. The second-order valence-electron chi connectivity index (χ2n) is 8.49. The number of imide groups is 1. The van der Waals surface area contributed by atoms with Gasteiger partial charge in [0, 0.05) is 37.3 Å². The monoisotopic (exact) mass is 475 g/mol. The Morgan fingerprint density at radius 2 is 2.00 bits per heavy atom. The van der Waals surface area contributed by atoms with Crippen LogP contribution >= 0.6 is 0 Å². The molecule has 2 aliphatic rings. The first kappa shape index (κ1) is 22.2. The van der Waals surface area contributed by atoms with Crippen molar-refractivity contribution in [2.24, 2.45) is 0 Å². The highest BCUT2D eigenvalue weighted by Crippen LogP contribution is 2.29. The summed E-state index contributed by atoms with van der Waals surface area (Å²) in [6.45, 7) is 0.422. The Bertz CT molecular complexity index is 1430. The summed E-state index contributed by atoms with van der Waals surface area (Å²) >= 11 is 0. The minimum Gasteiger partial charge on any atom is -0.334 e. The molecule has 2 aromatic heterocycles. The van der Waals surface area contributed by atoms with Gasteiger partial charge in [-0.1, -0.05) is 11.3 Å². The standard InChI is InChI=1S/C23H21N7O5/c1-28(11-14-3-2-4-19(31)24-14)23(35)17-12-30(27-26-17)15-5-6-16-13(9-15)10-29(22(16)34)18-7-8-20(32)25-21(18)33/h2-6,9,12,18H,7-8,10-11H2,1H3,(H,24,31)(H,25,32,33). The van der Waals surface area contributed by atoms with Crippen LogP contribution in [0.3, 0.4) is 0 Å². The van der Waals surface area contributed by atoms with Crippen molar-refractivity contribution in [1.29, 1.82) is 0 Å². The summed E-state index contributed by atoms with van der Waals surface area (Å²) in [6, 6.07) is 9.13. The number of amides is 4. The van der Waals surface area contributed by atoms with Gasteiger partial charge < -0.3 is 14.8 Å². The number of fused-ring (bicyclic) bond motifs is 1. The number of aromatic nitrogens is 4. The zero-order valence-electron chi connectivity index (χ0n) is 18.7. The van der Waals surface area contributed by atoms with Gasteiger partial charge in [-0.05, 0) is 36.2 Å². The number of carbonyl (C=O) groups excluding carboxylic acids is 4. The van der Waals surface area contributed by atoms with Crippen LogP contribution < -0.4 is 10.9 Å². The van der Waals surface area contributed by atoms with Crippen LogP contribution in [0.25, 0.3) is 5.69 Å². The van der Waals surface area contributed by atoms with Gasteiger partial charge in [-0.3, -0.25) is 29.3 Å². The van der Waals surface area contributed by atoms with Gasteiger partial charge in [-0.25, -0.2) is 4.68 Å². The fourth-order valence-electron chi connectivity index (χ4n) is 4.30. The third-order valence-corrected chi connectivity index (χ3v) is 6.07. The van der Waals surface area contributed by atoms with Gasteiger partial charge in [0.25, 0.3) is 11.8 Å². The van der Waals surface area contributed by atoms with Gasteiger partial charge in [0.2, 0.25) is 17.4 Å². The largest absolute Gasteiger partial charge is 0.334 e. The Kier molecular flexibility index (Phi) is 5.47. The maximum absolute atomic E-state index is 12.9. The molecule has 0 bridgehead atoms. The predicted octanol–water partition coefficient (Wildman–Crippen LogP) is -0.0112. The van der Waals surface area contributed by atoms with Crippen LogP contribution in [0.4, 0.5) is 0 Å². The summed E-state index contributed by atoms with van der Waals surface area (Å²) in [4.78, 5) is 66.3. The first-order chi connectivity index (χ1) is 16.8. The second-order valence-corrected chi connectivity index (χ2v) is 8.49. The molecule has 1 saturated heterocycles. The van der Waals surface area contributed by atoms with Gasteiger partial charge in [0.15, 0.2) is 5.69 Å². The van der Waals surface area contributed by atoms with E-state index >= 15 is 0 Å². The van der Waals surface area contributed by atoms with Crippen molar-refractivity contribution < 1.29 is 19.2 Å². The summed E-state index contributed by atoms with van der Waals surface area (Å²) in [6.07, 6.45) is 1.96. The molecular formula is C23H21N7O5. The van der Waals surface area contributed by atoms with E-state index < -0.39 is 11.9 Å². The predicted molar refractivity (Wildman–Crippen MR) is 120 cm³/mol. The maximum Gasteiger partial charge on any atom is 0.276 e. The van der Waals surface area contributed by atoms with Gasteiger partial charge in [0.1, 0.15) is 6.04 Å². The summed E-state index contributed by atoms with van der Waals surface area (Å²) < 4.78 is 1.44. The number of pyridine rings is 1. The lowest BCUT2D eigenvalue weighted by Crippen LogP contribution is -2.52.